The van der Waals surface area contributed by atoms with Gasteiger partial charge in [-0.15, -0.1) is 0 Å². The maximum absolute atomic E-state index is 13.8. The van der Waals surface area contributed by atoms with Crippen LogP contribution in [0, 0.1) is 12.8 Å². The van der Waals surface area contributed by atoms with Crippen LogP contribution >= 0.6 is 0 Å². The third-order valence-corrected chi connectivity index (χ3v) is 7.67. The zero-order valence-corrected chi connectivity index (χ0v) is 21.3. The molecule has 2 aliphatic heterocycles. The Kier molecular flexibility index (Phi) is 7.23. The van der Waals surface area contributed by atoms with Crippen molar-refractivity contribution in [2.24, 2.45) is 5.92 Å². The van der Waals surface area contributed by atoms with Gasteiger partial charge in [0.25, 0.3) is 5.91 Å². The van der Waals surface area contributed by atoms with E-state index in [4.69, 9.17) is 5.10 Å². The molecule has 2 saturated heterocycles. The van der Waals surface area contributed by atoms with Gasteiger partial charge < -0.3 is 14.8 Å². The van der Waals surface area contributed by atoms with Gasteiger partial charge in [0.1, 0.15) is 5.56 Å². The van der Waals surface area contributed by atoms with Gasteiger partial charge in [0.05, 0.1) is 11.4 Å². The molecule has 3 aromatic rings. The molecule has 36 heavy (non-hydrogen) atoms. The number of nitrogens with zero attached hydrogens (tertiary/aromatic N) is 5. The van der Waals surface area contributed by atoms with Crippen LogP contribution in [-0.4, -0.2) is 74.7 Å². The Bertz CT molecular complexity index is 1180. The van der Waals surface area contributed by atoms with E-state index >= 15 is 0 Å². The highest BCUT2D eigenvalue weighted by Gasteiger charge is 2.32. The first kappa shape index (κ1) is 24.3. The molecule has 5 rings (SSSR count). The summed E-state index contributed by atoms with van der Waals surface area (Å²) in [7, 11) is 0. The van der Waals surface area contributed by atoms with Gasteiger partial charge in [-0.25, -0.2) is 4.68 Å². The van der Waals surface area contributed by atoms with E-state index in [1.165, 1.54) is 6.42 Å². The molecule has 1 N–H and O–H groups in total. The SMILES string of the molecule is CCN1CCCC1CNC(=O)C1CCN(C(=O)c2c(C)nn(-c3ccccc3)c2-n2cccc2)CC1. The van der Waals surface area contributed by atoms with E-state index in [1.54, 1.807) is 0 Å². The first-order valence-corrected chi connectivity index (χ1v) is 13.2. The van der Waals surface area contributed by atoms with E-state index in [9.17, 15) is 9.59 Å². The molecular weight excluding hydrogens is 452 g/mol. The average molecular weight is 489 g/mol. The number of carbonyl (C=O) groups is 2. The lowest BCUT2D eigenvalue weighted by Gasteiger charge is -2.32. The number of likely N-dealkylation sites (N-methyl/N-ethyl adjacent to an activating group) is 1. The fourth-order valence-corrected chi connectivity index (χ4v) is 5.64. The number of carbonyl (C=O) groups excluding carboxylic acids is 2. The number of hydrogen-bond acceptors (Lipinski definition) is 4. The minimum atomic E-state index is -0.0393. The number of para-hydroxylation sites is 1. The summed E-state index contributed by atoms with van der Waals surface area (Å²) in [5.74, 6) is 0.807. The molecule has 1 aromatic carbocycles. The second kappa shape index (κ2) is 10.7. The minimum Gasteiger partial charge on any atom is -0.354 e. The number of nitrogens with one attached hydrogen (secondary N) is 1. The number of piperidine rings is 1. The van der Waals surface area contributed by atoms with E-state index in [2.05, 4.69) is 17.1 Å². The number of benzene rings is 1. The predicted molar refractivity (Wildman–Crippen MR) is 140 cm³/mol. The zero-order valence-electron chi connectivity index (χ0n) is 21.3. The molecule has 0 radical (unpaired) electrons. The molecule has 2 aliphatic rings. The van der Waals surface area contributed by atoms with Gasteiger partial charge in [-0.3, -0.25) is 14.5 Å². The van der Waals surface area contributed by atoms with Crippen LogP contribution in [0.25, 0.3) is 11.5 Å². The summed E-state index contributed by atoms with van der Waals surface area (Å²) < 4.78 is 3.79. The van der Waals surface area contributed by atoms with Gasteiger partial charge in [0, 0.05) is 44.0 Å². The third-order valence-electron chi connectivity index (χ3n) is 7.67. The standard InChI is InChI=1S/C28H36N6O2/c1-3-31-17-9-12-24(31)20-29-26(35)22-13-18-33(19-14-22)28(36)25-21(2)30-34(23-10-5-4-6-11-23)27(25)32-15-7-8-16-32/h4-8,10-11,15-16,22,24H,3,9,12-14,17-20H2,1-2H3,(H,29,35). The van der Waals surface area contributed by atoms with Crippen molar-refractivity contribution in [3.8, 4) is 11.5 Å². The van der Waals surface area contributed by atoms with Crippen LogP contribution in [0.3, 0.4) is 0 Å². The van der Waals surface area contributed by atoms with E-state index in [1.807, 2.05) is 75.9 Å². The summed E-state index contributed by atoms with van der Waals surface area (Å²) in [5, 5.41) is 7.94. The van der Waals surface area contributed by atoms with Crippen LogP contribution in [0.4, 0.5) is 0 Å². The molecule has 4 heterocycles. The maximum Gasteiger partial charge on any atom is 0.259 e. The molecule has 1 atom stereocenters. The van der Waals surface area contributed by atoms with Gasteiger partial charge >= 0.3 is 0 Å². The first-order chi connectivity index (χ1) is 17.6. The van der Waals surface area contributed by atoms with Crippen molar-refractivity contribution in [2.75, 3.05) is 32.7 Å². The van der Waals surface area contributed by atoms with E-state index in [-0.39, 0.29) is 17.7 Å². The largest absolute Gasteiger partial charge is 0.354 e. The molecule has 0 spiro atoms. The van der Waals surface area contributed by atoms with Crippen LogP contribution in [0.5, 0.6) is 0 Å². The fourth-order valence-electron chi connectivity index (χ4n) is 5.64. The molecule has 0 saturated carbocycles. The molecule has 1 unspecified atom stereocenters. The number of rotatable bonds is 7. The summed E-state index contributed by atoms with van der Waals surface area (Å²) in [5.41, 5.74) is 2.21. The summed E-state index contributed by atoms with van der Waals surface area (Å²) in [6.45, 7) is 8.10. The van der Waals surface area contributed by atoms with Crippen molar-refractivity contribution >= 4 is 11.8 Å². The lowest BCUT2D eigenvalue weighted by atomic mass is 9.95. The number of likely N-dealkylation sites (tertiary alicyclic amines) is 2. The summed E-state index contributed by atoms with van der Waals surface area (Å²) in [4.78, 5) is 31.0. The third kappa shape index (κ3) is 4.82. The monoisotopic (exact) mass is 488 g/mol. The van der Waals surface area contributed by atoms with E-state index in [0.717, 1.165) is 37.6 Å². The smallest absolute Gasteiger partial charge is 0.259 e. The van der Waals surface area contributed by atoms with Gasteiger partial charge in [-0.1, -0.05) is 25.1 Å². The molecular formula is C28H36N6O2. The topological polar surface area (TPSA) is 75.4 Å². The van der Waals surface area contributed by atoms with Crippen LogP contribution in [0.2, 0.25) is 0 Å². The van der Waals surface area contributed by atoms with Crippen molar-refractivity contribution in [3.63, 3.8) is 0 Å². The fraction of sp³-hybridized carbons (Fsp3) is 0.464. The lowest BCUT2D eigenvalue weighted by molar-refractivity contribution is -0.126. The summed E-state index contributed by atoms with van der Waals surface area (Å²) in [6, 6.07) is 14.2. The Morgan fingerprint density at radius 3 is 2.42 bits per heavy atom. The Morgan fingerprint density at radius 1 is 1.00 bits per heavy atom. The molecule has 8 heteroatoms. The number of aryl methyl sites for hydroxylation is 1. The number of hydrogen-bond donors (Lipinski definition) is 1. The Balaban J connectivity index is 1.28. The maximum atomic E-state index is 13.8. The van der Waals surface area contributed by atoms with E-state index in [0.29, 0.717) is 43.2 Å². The predicted octanol–water partition coefficient (Wildman–Crippen LogP) is 3.42. The molecule has 2 amide bonds. The van der Waals surface area contributed by atoms with Gasteiger partial charge in [-0.05, 0) is 70.0 Å². The molecule has 2 fully saturated rings. The summed E-state index contributed by atoms with van der Waals surface area (Å²) >= 11 is 0. The molecule has 2 aromatic heterocycles. The van der Waals surface area contributed by atoms with Crippen molar-refractivity contribution in [2.45, 2.75) is 45.6 Å². The second-order valence-electron chi connectivity index (χ2n) is 9.86. The molecule has 0 aliphatic carbocycles. The average Bonchev–Trinajstić information content (AvgIpc) is 3.67. The van der Waals surface area contributed by atoms with Crippen molar-refractivity contribution in [3.05, 3.63) is 66.1 Å². The van der Waals surface area contributed by atoms with Crippen LogP contribution < -0.4 is 5.32 Å². The van der Waals surface area contributed by atoms with Crippen molar-refractivity contribution in [1.82, 2.24) is 29.5 Å². The number of amides is 2. The van der Waals surface area contributed by atoms with E-state index < -0.39 is 0 Å². The highest BCUT2D eigenvalue weighted by Crippen LogP contribution is 2.27. The zero-order chi connectivity index (χ0) is 25.1. The Labute approximate surface area is 212 Å². The van der Waals surface area contributed by atoms with Gasteiger partial charge in [-0.2, -0.15) is 5.10 Å². The Hall–Kier alpha value is -3.39. The molecule has 0 bridgehead atoms. The minimum absolute atomic E-state index is 0.0261. The highest BCUT2D eigenvalue weighted by molar-refractivity contribution is 5.99. The quantitative estimate of drug-likeness (QED) is 0.553. The van der Waals surface area contributed by atoms with Gasteiger partial charge in [0.2, 0.25) is 5.91 Å². The van der Waals surface area contributed by atoms with Crippen molar-refractivity contribution in [1.29, 1.82) is 0 Å². The number of aromatic nitrogens is 3. The van der Waals surface area contributed by atoms with Crippen LogP contribution in [0.15, 0.2) is 54.9 Å². The van der Waals surface area contributed by atoms with Gasteiger partial charge in [0.15, 0.2) is 5.82 Å². The molecule has 8 nitrogen and oxygen atoms in total. The normalized spacial score (nSPS) is 19.1. The summed E-state index contributed by atoms with van der Waals surface area (Å²) in [6.07, 6.45) is 7.61. The van der Waals surface area contributed by atoms with Crippen LogP contribution in [0.1, 0.15) is 48.7 Å². The first-order valence-electron chi connectivity index (χ1n) is 13.2. The highest BCUT2D eigenvalue weighted by atomic mass is 16.2. The van der Waals surface area contributed by atoms with Crippen molar-refractivity contribution < 1.29 is 9.59 Å². The van der Waals surface area contributed by atoms with Crippen LogP contribution in [-0.2, 0) is 4.79 Å². The second-order valence-corrected chi connectivity index (χ2v) is 9.86. The Morgan fingerprint density at radius 2 is 1.72 bits per heavy atom. The lowest BCUT2D eigenvalue weighted by Crippen LogP contribution is -2.46. The molecule has 190 valence electrons.